The zero-order valence-electron chi connectivity index (χ0n) is 9.13. The van der Waals surface area contributed by atoms with Crippen molar-refractivity contribution in [2.45, 2.75) is 23.4 Å². The van der Waals surface area contributed by atoms with Gasteiger partial charge in [0.15, 0.2) is 5.16 Å². The molecule has 0 fully saturated rings. The van der Waals surface area contributed by atoms with Crippen molar-refractivity contribution < 1.29 is 0 Å². The molecule has 16 heavy (non-hydrogen) atoms. The summed E-state index contributed by atoms with van der Waals surface area (Å²) in [4.78, 5) is 7.25. The molecule has 0 bridgehead atoms. The maximum atomic E-state index is 6.19. The second kappa shape index (κ2) is 5.18. The number of thioether (sulfide) groups is 1. The standard InChI is InChI=1S/C12H15N3S/c1-9(16-12-14-7-8-15-12)11(13)10-5-3-2-4-6-10/h2-9,11H,13H2,1H3,(H,14,15). The molecular weight excluding hydrogens is 218 g/mol. The molecule has 0 saturated carbocycles. The fourth-order valence-corrected chi connectivity index (χ4v) is 2.42. The third-order valence-corrected chi connectivity index (χ3v) is 3.57. The Hall–Kier alpha value is -1.26. The Morgan fingerprint density at radius 3 is 2.69 bits per heavy atom. The maximum absolute atomic E-state index is 6.19. The molecule has 1 aromatic carbocycles. The van der Waals surface area contributed by atoms with E-state index in [4.69, 9.17) is 5.73 Å². The summed E-state index contributed by atoms with van der Waals surface area (Å²) in [6, 6.07) is 10.2. The van der Waals surface area contributed by atoms with E-state index in [-0.39, 0.29) is 11.3 Å². The number of nitrogens with two attached hydrogens (primary N) is 1. The number of aromatic nitrogens is 2. The van der Waals surface area contributed by atoms with Crippen molar-refractivity contribution in [2.75, 3.05) is 0 Å². The van der Waals surface area contributed by atoms with Gasteiger partial charge in [-0.15, -0.1) is 0 Å². The molecule has 0 radical (unpaired) electrons. The van der Waals surface area contributed by atoms with E-state index in [0.717, 1.165) is 10.7 Å². The van der Waals surface area contributed by atoms with Crippen LogP contribution in [0.1, 0.15) is 18.5 Å². The van der Waals surface area contributed by atoms with Crippen LogP contribution in [-0.4, -0.2) is 15.2 Å². The van der Waals surface area contributed by atoms with Crippen LogP contribution in [-0.2, 0) is 0 Å². The number of hydrogen-bond donors (Lipinski definition) is 2. The minimum atomic E-state index is 0.0244. The molecular formula is C12H15N3S. The highest BCUT2D eigenvalue weighted by Crippen LogP contribution is 2.28. The second-order valence-corrected chi connectivity index (χ2v) is 5.02. The van der Waals surface area contributed by atoms with E-state index in [9.17, 15) is 0 Å². The average molecular weight is 233 g/mol. The van der Waals surface area contributed by atoms with E-state index in [0.29, 0.717) is 0 Å². The Labute approximate surface area is 99.5 Å². The predicted octanol–water partition coefficient (Wildman–Crippen LogP) is 2.59. The molecule has 84 valence electrons. The molecule has 4 heteroatoms. The topological polar surface area (TPSA) is 54.7 Å². The summed E-state index contributed by atoms with van der Waals surface area (Å²) in [5.74, 6) is 0. The lowest BCUT2D eigenvalue weighted by molar-refractivity contribution is 0.713. The number of aromatic amines is 1. The zero-order chi connectivity index (χ0) is 11.4. The van der Waals surface area contributed by atoms with Gasteiger partial charge in [0, 0.05) is 23.7 Å². The van der Waals surface area contributed by atoms with Gasteiger partial charge in [-0.2, -0.15) is 0 Å². The Kier molecular flexibility index (Phi) is 3.64. The highest BCUT2D eigenvalue weighted by molar-refractivity contribution is 7.99. The van der Waals surface area contributed by atoms with Crippen molar-refractivity contribution in [3.05, 3.63) is 48.3 Å². The van der Waals surface area contributed by atoms with Gasteiger partial charge in [0.1, 0.15) is 0 Å². The molecule has 0 aliphatic heterocycles. The SMILES string of the molecule is CC(Sc1ncc[nH]1)C(N)c1ccccc1. The van der Waals surface area contributed by atoms with Crippen molar-refractivity contribution in [1.82, 2.24) is 9.97 Å². The van der Waals surface area contributed by atoms with E-state index in [1.54, 1.807) is 18.0 Å². The zero-order valence-corrected chi connectivity index (χ0v) is 9.95. The van der Waals surface area contributed by atoms with Crippen LogP contribution in [0.3, 0.4) is 0 Å². The molecule has 0 saturated heterocycles. The summed E-state index contributed by atoms with van der Waals surface area (Å²) in [7, 11) is 0. The molecule has 3 nitrogen and oxygen atoms in total. The lowest BCUT2D eigenvalue weighted by atomic mass is 10.1. The largest absolute Gasteiger partial charge is 0.340 e. The van der Waals surface area contributed by atoms with Gasteiger partial charge in [0.25, 0.3) is 0 Å². The van der Waals surface area contributed by atoms with Crippen LogP contribution in [0.5, 0.6) is 0 Å². The Bertz CT molecular complexity index is 413. The summed E-state index contributed by atoms with van der Waals surface area (Å²) < 4.78 is 0. The fraction of sp³-hybridized carbons (Fsp3) is 0.250. The third-order valence-electron chi connectivity index (χ3n) is 2.46. The molecule has 2 aromatic rings. The molecule has 1 heterocycles. The van der Waals surface area contributed by atoms with Gasteiger partial charge in [-0.05, 0) is 5.56 Å². The van der Waals surface area contributed by atoms with Gasteiger partial charge in [-0.25, -0.2) is 4.98 Å². The van der Waals surface area contributed by atoms with Crippen LogP contribution in [0.25, 0.3) is 0 Å². The van der Waals surface area contributed by atoms with Crippen molar-refractivity contribution in [1.29, 1.82) is 0 Å². The van der Waals surface area contributed by atoms with Crippen LogP contribution in [0.4, 0.5) is 0 Å². The molecule has 0 aliphatic rings. The molecule has 2 rings (SSSR count). The average Bonchev–Trinajstić information content (AvgIpc) is 2.82. The first-order chi connectivity index (χ1) is 7.77. The van der Waals surface area contributed by atoms with E-state index >= 15 is 0 Å². The summed E-state index contributed by atoms with van der Waals surface area (Å²) in [5, 5.41) is 1.20. The molecule has 0 aliphatic carbocycles. The second-order valence-electron chi connectivity index (χ2n) is 3.65. The van der Waals surface area contributed by atoms with Gasteiger partial charge in [0.05, 0.1) is 0 Å². The van der Waals surface area contributed by atoms with Gasteiger partial charge < -0.3 is 10.7 Å². The Morgan fingerprint density at radius 2 is 2.06 bits per heavy atom. The number of hydrogen-bond acceptors (Lipinski definition) is 3. The van der Waals surface area contributed by atoms with Gasteiger partial charge in [-0.1, -0.05) is 49.0 Å². The van der Waals surface area contributed by atoms with Crippen LogP contribution in [0.15, 0.2) is 47.9 Å². The van der Waals surface area contributed by atoms with E-state index in [1.165, 1.54) is 0 Å². The Morgan fingerprint density at radius 1 is 1.31 bits per heavy atom. The van der Waals surface area contributed by atoms with Crippen LogP contribution < -0.4 is 5.73 Å². The lowest BCUT2D eigenvalue weighted by Gasteiger charge is -2.18. The number of rotatable bonds is 4. The predicted molar refractivity (Wildman–Crippen MR) is 67.3 cm³/mol. The van der Waals surface area contributed by atoms with E-state index in [1.807, 2.05) is 24.4 Å². The van der Waals surface area contributed by atoms with Crippen molar-refractivity contribution in [3.63, 3.8) is 0 Å². The first kappa shape index (κ1) is 11.2. The normalized spacial score (nSPS) is 14.6. The van der Waals surface area contributed by atoms with Crippen LogP contribution in [0.2, 0.25) is 0 Å². The number of nitrogens with zero attached hydrogens (tertiary/aromatic N) is 1. The van der Waals surface area contributed by atoms with Crippen LogP contribution >= 0.6 is 11.8 Å². The van der Waals surface area contributed by atoms with E-state index < -0.39 is 0 Å². The van der Waals surface area contributed by atoms with Crippen LogP contribution in [0, 0.1) is 0 Å². The quantitative estimate of drug-likeness (QED) is 0.798. The smallest absolute Gasteiger partial charge is 0.165 e. The number of nitrogens with one attached hydrogen (secondary N) is 1. The van der Waals surface area contributed by atoms with E-state index in [2.05, 4.69) is 29.0 Å². The molecule has 0 spiro atoms. The summed E-state index contributed by atoms with van der Waals surface area (Å²) in [6.45, 7) is 2.12. The molecule has 2 unspecified atom stereocenters. The molecule has 2 atom stereocenters. The highest BCUT2D eigenvalue weighted by Gasteiger charge is 2.16. The molecule has 1 aromatic heterocycles. The minimum absolute atomic E-state index is 0.0244. The van der Waals surface area contributed by atoms with Crippen molar-refractivity contribution in [2.24, 2.45) is 5.73 Å². The van der Waals surface area contributed by atoms with Gasteiger partial charge in [-0.3, -0.25) is 0 Å². The van der Waals surface area contributed by atoms with Crippen molar-refractivity contribution >= 4 is 11.8 Å². The highest BCUT2D eigenvalue weighted by atomic mass is 32.2. The summed E-state index contributed by atoms with van der Waals surface area (Å²) in [5.41, 5.74) is 7.35. The minimum Gasteiger partial charge on any atom is -0.340 e. The molecule has 3 N–H and O–H groups in total. The first-order valence-electron chi connectivity index (χ1n) is 5.24. The number of imidazole rings is 1. The van der Waals surface area contributed by atoms with Gasteiger partial charge >= 0.3 is 0 Å². The lowest BCUT2D eigenvalue weighted by Crippen LogP contribution is -2.21. The molecule has 0 amide bonds. The number of H-pyrrole nitrogens is 1. The fourth-order valence-electron chi connectivity index (χ4n) is 1.51. The van der Waals surface area contributed by atoms with Gasteiger partial charge in [0.2, 0.25) is 0 Å². The third kappa shape index (κ3) is 2.65. The monoisotopic (exact) mass is 233 g/mol. The summed E-state index contributed by atoms with van der Waals surface area (Å²) >= 11 is 1.66. The number of benzene rings is 1. The van der Waals surface area contributed by atoms with Crippen molar-refractivity contribution in [3.8, 4) is 0 Å². The first-order valence-corrected chi connectivity index (χ1v) is 6.12. The summed E-state index contributed by atoms with van der Waals surface area (Å²) in [6.07, 6.45) is 3.58. The maximum Gasteiger partial charge on any atom is 0.165 e. The Balaban J connectivity index is 2.02.